The Bertz CT molecular complexity index is 516. The average Bonchev–Trinajstić information content (AvgIpc) is 3.07. The van der Waals surface area contributed by atoms with Crippen LogP contribution >= 0.6 is 0 Å². The van der Waals surface area contributed by atoms with Gasteiger partial charge in [0, 0.05) is 18.8 Å². The van der Waals surface area contributed by atoms with Crippen molar-refractivity contribution in [1.82, 2.24) is 9.71 Å². The van der Waals surface area contributed by atoms with Crippen LogP contribution in [-0.2, 0) is 10.0 Å². The van der Waals surface area contributed by atoms with Crippen molar-refractivity contribution in [3.8, 4) is 0 Å². The summed E-state index contributed by atoms with van der Waals surface area (Å²) in [6.45, 7) is 4.63. The van der Waals surface area contributed by atoms with E-state index >= 15 is 0 Å². The second-order valence-electron chi connectivity index (χ2n) is 4.51. The molecule has 1 saturated carbocycles. The van der Waals surface area contributed by atoms with Gasteiger partial charge in [0.1, 0.15) is 10.7 Å². The molecule has 0 aromatic carbocycles. The third kappa shape index (κ3) is 2.81. The Hall–Kier alpha value is -1.14. The van der Waals surface area contributed by atoms with E-state index in [2.05, 4.69) is 21.9 Å². The first-order chi connectivity index (χ1) is 8.58. The summed E-state index contributed by atoms with van der Waals surface area (Å²) in [5.41, 5.74) is 0. The number of nitrogens with zero attached hydrogens (tertiary/aromatic N) is 1. The first-order valence-electron chi connectivity index (χ1n) is 6.29. The van der Waals surface area contributed by atoms with Gasteiger partial charge in [0.2, 0.25) is 10.0 Å². The van der Waals surface area contributed by atoms with Crippen molar-refractivity contribution < 1.29 is 8.42 Å². The molecule has 0 saturated heterocycles. The molecular weight excluding hydrogens is 250 g/mol. The van der Waals surface area contributed by atoms with E-state index in [1.54, 1.807) is 18.3 Å². The summed E-state index contributed by atoms with van der Waals surface area (Å²) in [7, 11) is -3.47. The fourth-order valence-electron chi connectivity index (χ4n) is 2.01. The Kier molecular flexibility index (Phi) is 3.87. The molecule has 100 valence electrons. The topological polar surface area (TPSA) is 71.1 Å². The molecule has 0 aliphatic heterocycles. The molecule has 18 heavy (non-hydrogen) atoms. The lowest BCUT2D eigenvalue weighted by Crippen LogP contribution is -2.28. The lowest BCUT2D eigenvalue weighted by Gasteiger charge is -2.10. The lowest BCUT2D eigenvalue weighted by molar-refractivity contribution is 0.576. The number of anilines is 1. The van der Waals surface area contributed by atoms with Crippen LogP contribution in [0.15, 0.2) is 23.2 Å². The molecule has 1 aromatic rings. The number of sulfonamides is 1. The molecule has 0 amide bonds. The van der Waals surface area contributed by atoms with E-state index in [1.165, 1.54) is 0 Å². The number of rotatable bonds is 6. The molecule has 1 aliphatic carbocycles. The van der Waals surface area contributed by atoms with Crippen molar-refractivity contribution in [3.63, 3.8) is 0 Å². The summed E-state index contributed by atoms with van der Waals surface area (Å²) in [5.74, 6) is 0.903. The Morgan fingerprint density at radius 1 is 1.44 bits per heavy atom. The van der Waals surface area contributed by atoms with Gasteiger partial charge in [-0.1, -0.05) is 13.3 Å². The van der Waals surface area contributed by atoms with Gasteiger partial charge in [-0.3, -0.25) is 0 Å². The van der Waals surface area contributed by atoms with Crippen molar-refractivity contribution in [2.75, 3.05) is 11.9 Å². The van der Waals surface area contributed by atoms with Gasteiger partial charge in [0.05, 0.1) is 0 Å². The third-order valence-electron chi connectivity index (χ3n) is 3.16. The Morgan fingerprint density at radius 2 is 2.22 bits per heavy atom. The van der Waals surface area contributed by atoms with E-state index in [-0.39, 0.29) is 10.9 Å². The van der Waals surface area contributed by atoms with Crippen LogP contribution in [0.25, 0.3) is 0 Å². The number of aromatic nitrogens is 1. The maximum Gasteiger partial charge on any atom is 0.244 e. The van der Waals surface area contributed by atoms with E-state index in [1.807, 2.05) is 6.92 Å². The summed E-state index contributed by atoms with van der Waals surface area (Å²) in [5, 5.41) is 2.97. The van der Waals surface area contributed by atoms with E-state index in [0.29, 0.717) is 18.3 Å². The molecule has 2 atom stereocenters. The molecule has 1 aromatic heterocycles. The molecule has 2 N–H and O–H groups in total. The zero-order chi connectivity index (χ0) is 13.2. The van der Waals surface area contributed by atoms with Gasteiger partial charge in [-0.15, -0.1) is 0 Å². The lowest BCUT2D eigenvalue weighted by atomic mass is 10.3. The summed E-state index contributed by atoms with van der Waals surface area (Å²) < 4.78 is 27.2. The first-order valence-corrected chi connectivity index (χ1v) is 7.78. The van der Waals surface area contributed by atoms with Crippen LogP contribution in [0.1, 0.15) is 26.7 Å². The second-order valence-corrected chi connectivity index (χ2v) is 6.19. The maximum absolute atomic E-state index is 12.2. The predicted molar refractivity (Wildman–Crippen MR) is 70.9 cm³/mol. The monoisotopic (exact) mass is 269 g/mol. The second kappa shape index (κ2) is 5.24. The molecule has 0 radical (unpaired) electrons. The molecular formula is C12H19N3O2S. The highest BCUT2D eigenvalue weighted by Gasteiger charge is 2.39. The highest BCUT2D eigenvalue weighted by Crippen LogP contribution is 2.34. The molecule has 5 nitrogen and oxygen atoms in total. The minimum Gasteiger partial charge on any atom is -0.369 e. The quantitative estimate of drug-likeness (QED) is 0.822. The summed E-state index contributed by atoms with van der Waals surface area (Å²) >= 11 is 0. The first kappa shape index (κ1) is 13.3. The van der Waals surface area contributed by atoms with Crippen molar-refractivity contribution in [2.24, 2.45) is 5.92 Å². The van der Waals surface area contributed by atoms with Gasteiger partial charge in [-0.2, -0.15) is 0 Å². The highest BCUT2D eigenvalue weighted by atomic mass is 32.2. The highest BCUT2D eigenvalue weighted by molar-refractivity contribution is 7.89. The Labute approximate surface area is 108 Å². The SMILES string of the molecule is CCNc1ncccc1S(=O)(=O)NC1CC1CC. The Balaban J connectivity index is 2.19. The van der Waals surface area contributed by atoms with Gasteiger partial charge in [0.15, 0.2) is 0 Å². The molecule has 0 bridgehead atoms. The fourth-order valence-corrected chi connectivity index (χ4v) is 3.46. The fraction of sp³-hybridized carbons (Fsp3) is 0.583. The van der Waals surface area contributed by atoms with Crippen LogP contribution < -0.4 is 10.0 Å². The number of pyridine rings is 1. The normalized spacial score (nSPS) is 22.8. The van der Waals surface area contributed by atoms with Crippen LogP contribution in [0.3, 0.4) is 0 Å². The van der Waals surface area contributed by atoms with Crippen molar-refractivity contribution in [1.29, 1.82) is 0 Å². The van der Waals surface area contributed by atoms with Gasteiger partial charge in [0.25, 0.3) is 0 Å². The summed E-state index contributed by atoms with van der Waals surface area (Å²) in [4.78, 5) is 4.30. The maximum atomic E-state index is 12.2. The minimum absolute atomic E-state index is 0.0923. The van der Waals surface area contributed by atoms with Crippen LogP contribution in [-0.4, -0.2) is 26.0 Å². The van der Waals surface area contributed by atoms with Gasteiger partial charge >= 0.3 is 0 Å². The molecule has 2 unspecified atom stereocenters. The molecule has 1 aliphatic rings. The van der Waals surface area contributed by atoms with Crippen molar-refractivity contribution in [3.05, 3.63) is 18.3 Å². The van der Waals surface area contributed by atoms with E-state index in [9.17, 15) is 8.42 Å². The molecule has 0 spiro atoms. The van der Waals surface area contributed by atoms with Gasteiger partial charge in [-0.25, -0.2) is 18.1 Å². The minimum atomic E-state index is -3.47. The standard InChI is InChI=1S/C12H19N3O2S/c1-3-9-8-10(9)15-18(16,17)11-6-5-7-14-12(11)13-4-2/h5-7,9-10,15H,3-4,8H2,1-2H3,(H,13,14). The average molecular weight is 269 g/mol. The summed E-state index contributed by atoms with van der Waals surface area (Å²) in [6, 6.07) is 3.31. The number of hydrogen-bond acceptors (Lipinski definition) is 4. The zero-order valence-corrected chi connectivity index (χ0v) is 11.5. The third-order valence-corrected chi connectivity index (χ3v) is 4.68. The van der Waals surface area contributed by atoms with Gasteiger partial charge in [-0.05, 0) is 31.4 Å². The largest absolute Gasteiger partial charge is 0.369 e. The summed E-state index contributed by atoms with van der Waals surface area (Å²) in [6.07, 6.45) is 3.54. The van der Waals surface area contributed by atoms with Crippen molar-refractivity contribution >= 4 is 15.8 Å². The van der Waals surface area contributed by atoms with Crippen LogP contribution in [0.2, 0.25) is 0 Å². The van der Waals surface area contributed by atoms with Crippen LogP contribution in [0.5, 0.6) is 0 Å². The predicted octanol–water partition coefficient (Wildman–Crippen LogP) is 1.59. The van der Waals surface area contributed by atoms with Crippen LogP contribution in [0.4, 0.5) is 5.82 Å². The molecule has 6 heteroatoms. The van der Waals surface area contributed by atoms with Crippen LogP contribution in [0, 0.1) is 5.92 Å². The van der Waals surface area contributed by atoms with Crippen molar-refractivity contribution in [2.45, 2.75) is 37.6 Å². The Morgan fingerprint density at radius 3 is 2.83 bits per heavy atom. The smallest absolute Gasteiger partial charge is 0.244 e. The van der Waals surface area contributed by atoms with E-state index in [4.69, 9.17) is 0 Å². The molecule has 1 heterocycles. The van der Waals surface area contributed by atoms with E-state index in [0.717, 1.165) is 12.8 Å². The molecule has 1 fully saturated rings. The molecule has 2 rings (SSSR count). The number of nitrogens with one attached hydrogen (secondary N) is 2. The van der Waals surface area contributed by atoms with Gasteiger partial charge < -0.3 is 5.32 Å². The zero-order valence-electron chi connectivity index (χ0n) is 10.7. The van der Waals surface area contributed by atoms with E-state index < -0.39 is 10.0 Å². The number of hydrogen-bond donors (Lipinski definition) is 2.